The first-order valence-electron chi connectivity index (χ1n) is 35.3. The highest BCUT2D eigenvalue weighted by atomic mass is 16.5. The monoisotopic (exact) mass is 1100 g/mol. The van der Waals surface area contributed by atoms with Gasteiger partial charge in [-0.1, -0.05) is 326 Å². The van der Waals surface area contributed by atoms with E-state index in [9.17, 15) is 19.8 Å². The summed E-state index contributed by atoms with van der Waals surface area (Å²) in [5, 5.41) is 23.2. The molecule has 0 rings (SSSR count). The number of amides is 1. The first kappa shape index (κ1) is 76.1. The highest BCUT2D eigenvalue weighted by molar-refractivity contribution is 5.76. The predicted octanol–water partition coefficient (Wildman–Crippen LogP) is 22.7. The Hall–Kier alpha value is -1.92. The first-order valence-corrected chi connectivity index (χ1v) is 35.3. The minimum atomic E-state index is -0.848. The number of ether oxygens (including phenoxy) is 1. The molecule has 2 atom stereocenters. The van der Waals surface area contributed by atoms with Gasteiger partial charge in [0.05, 0.1) is 25.4 Å². The zero-order valence-electron chi connectivity index (χ0n) is 52.7. The molecule has 0 aromatic rings. The van der Waals surface area contributed by atoms with E-state index in [4.69, 9.17) is 4.74 Å². The van der Waals surface area contributed by atoms with Gasteiger partial charge < -0.3 is 20.3 Å². The van der Waals surface area contributed by atoms with E-state index < -0.39 is 12.1 Å². The minimum Gasteiger partial charge on any atom is -0.466 e. The summed E-state index contributed by atoms with van der Waals surface area (Å²) in [6.45, 7) is 4.93. The molecule has 0 aromatic heterocycles. The minimum absolute atomic E-state index is 0.0121. The van der Waals surface area contributed by atoms with Crippen LogP contribution < -0.4 is 5.32 Å². The van der Waals surface area contributed by atoms with Crippen molar-refractivity contribution in [1.29, 1.82) is 0 Å². The Labute approximate surface area is 487 Å². The summed E-state index contributed by atoms with van der Waals surface area (Å²) in [5.74, 6) is -0.0576. The third kappa shape index (κ3) is 63.3. The van der Waals surface area contributed by atoms with Crippen molar-refractivity contribution in [3.63, 3.8) is 0 Å². The topological polar surface area (TPSA) is 95.9 Å². The summed E-state index contributed by atoms with van der Waals surface area (Å²) < 4.78 is 5.51. The molecule has 0 aliphatic heterocycles. The molecular formula is C72H137NO5. The van der Waals surface area contributed by atoms with Gasteiger partial charge in [-0.15, -0.1) is 0 Å². The molecule has 6 heteroatoms. The third-order valence-corrected chi connectivity index (χ3v) is 16.4. The van der Waals surface area contributed by atoms with Crippen molar-refractivity contribution in [2.75, 3.05) is 13.2 Å². The molecule has 3 N–H and O–H groups in total. The van der Waals surface area contributed by atoms with E-state index in [0.29, 0.717) is 19.4 Å². The summed E-state index contributed by atoms with van der Waals surface area (Å²) in [6.07, 6.45) is 86.4. The fourth-order valence-corrected chi connectivity index (χ4v) is 11.0. The van der Waals surface area contributed by atoms with Crippen LogP contribution in [0.4, 0.5) is 0 Å². The van der Waals surface area contributed by atoms with Gasteiger partial charge in [0.2, 0.25) is 5.91 Å². The van der Waals surface area contributed by atoms with Gasteiger partial charge in [0, 0.05) is 12.8 Å². The molecule has 0 bridgehead atoms. The first-order chi connectivity index (χ1) is 38.5. The number of aliphatic hydroxyl groups is 2. The molecule has 0 aliphatic rings. The van der Waals surface area contributed by atoms with Crippen LogP contribution in [0, 0.1) is 0 Å². The SMILES string of the molecule is CCCCCCCC/C=C\CCCCCCCCCCCC(=O)OCCCCCCCCCCCCCC/C=C\CCCCCCCCCCC(=O)NC(CO)C(O)/C=C/CCCCCCCCCCCCCCCCCC. The second-order valence-corrected chi connectivity index (χ2v) is 24.2. The lowest BCUT2D eigenvalue weighted by Gasteiger charge is -2.20. The number of carbonyl (C=O) groups excluding carboxylic acids is 2. The Kier molecular flexibility index (Phi) is 65.9. The lowest BCUT2D eigenvalue weighted by atomic mass is 10.0. The van der Waals surface area contributed by atoms with Crippen LogP contribution in [0.3, 0.4) is 0 Å². The maximum Gasteiger partial charge on any atom is 0.305 e. The molecule has 78 heavy (non-hydrogen) atoms. The van der Waals surface area contributed by atoms with Crippen molar-refractivity contribution in [3.8, 4) is 0 Å². The third-order valence-electron chi connectivity index (χ3n) is 16.4. The lowest BCUT2D eigenvalue weighted by molar-refractivity contribution is -0.143. The zero-order chi connectivity index (χ0) is 56.4. The van der Waals surface area contributed by atoms with E-state index >= 15 is 0 Å². The summed E-state index contributed by atoms with van der Waals surface area (Å²) in [6, 6.07) is -0.632. The average molecular weight is 1100 g/mol. The fourth-order valence-electron chi connectivity index (χ4n) is 11.0. The second kappa shape index (κ2) is 67.6. The Morgan fingerprint density at radius 3 is 0.910 bits per heavy atom. The molecular weight excluding hydrogens is 959 g/mol. The number of nitrogens with one attached hydrogen (secondary N) is 1. The second-order valence-electron chi connectivity index (χ2n) is 24.2. The normalized spacial score (nSPS) is 12.7. The summed E-state index contributed by atoms with van der Waals surface area (Å²) in [4.78, 5) is 24.6. The van der Waals surface area contributed by atoms with Crippen LogP contribution >= 0.6 is 0 Å². The van der Waals surface area contributed by atoms with E-state index in [1.807, 2.05) is 6.08 Å². The van der Waals surface area contributed by atoms with Crippen LogP contribution in [-0.4, -0.2) is 47.4 Å². The number of rotatable bonds is 66. The Morgan fingerprint density at radius 1 is 0.346 bits per heavy atom. The average Bonchev–Trinajstić information content (AvgIpc) is 3.44. The van der Waals surface area contributed by atoms with E-state index in [-0.39, 0.29) is 18.5 Å². The summed E-state index contributed by atoms with van der Waals surface area (Å²) >= 11 is 0. The maximum atomic E-state index is 12.5. The number of aliphatic hydroxyl groups excluding tert-OH is 2. The Balaban J connectivity index is 3.41. The number of unbranched alkanes of at least 4 members (excludes halogenated alkanes) is 51. The number of carbonyl (C=O) groups is 2. The summed E-state index contributed by atoms with van der Waals surface area (Å²) in [7, 11) is 0. The standard InChI is InChI=1S/C72H137NO5/c1-3-5-7-9-11-13-15-17-19-21-29-34-38-42-46-50-54-58-62-66-72(77)78-67-63-59-55-51-47-43-39-35-31-28-26-24-23-25-27-30-33-37-41-45-49-53-57-61-65-71(76)73-69(68-74)70(75)64-60-56-52-48-44-40-36-32-22-20-18-16-14-12-10-8-6-4-2/h17,19,25,27,60,64,69-70,74-75H,3-16,18,20-24,26,28-59,61-63,65-68H2,1-2H3,(H,73,76)/b19-17-,27-25-,64-60+. The number of hydrogen-bond donors (Lipinski definition) is 3. The van der Waals surface area contributed by atoms with E-state index in [2.05, 4.69) is 43.5 Å². The van der Waals surface area contributed by atoms with Crippen molar-refractivity contribution < 1.29 is 24.5 Å². The van der Waals surface area contributed by atoms with Gasteiger partial charge in [-0.2, -0.15) is 0 Å². The van der Waals surface area contributed by atoms with Gasteiger partial charge in [0.15, 0.2) is 0 Å². The van der Waals surface area contributed by atoms with E-state index in [1.165, 1.54) is 315 Å². The van der Waals surface area contributed by atoms with Gasteiger partial charge in [-0.3, -0.25) is 9.59 Å². The van der Waals surface area contributed by atoms with Gasteiger partial charge in [0.25, 0.3) is 0 Å². The van der Waals surface area contributed by atoms with Crippen molar-refractivity contribution in [3.05, 3.63) is 36.5 Å². The quantitative estimate of drug-likeness (QED) is 0.0320. The maximum absolute atomic E-state index is 12.5. The van der Waals surface area contributed by atoms with Crippen LogP contribution in [0.5, 0.6) is 0 Å². The van der Waals surface area contributed by atoms with Crippen molar-refractivity contribution >= 4 is 11.9 Å². The molecule has 0 aromatic carbocycles. The van der Waals surface area contributed by atoms with Gasteiger partial charge in [-0.25, -0.2) is 0 Å². The Bertz CT molecular complexity index is 1260. The molecule has 6 nitrogen and oxygen atoms in total. The number of hydrogen-bond acceptors (Lipinski definition) is 5. The van der Waals surface area contributed by atoms with E-state index in [0.717, 1.165) is 44.9 Å². The number of esters is 1. The van der Waals surface area contributed by atoms with Gasteiger partial charge in [-0.05, 0) is 83.5 Å². The molecule has 2 unspecified atom stereocenters. The highest BCUT2D eigenvalue weighted by Crippen LogP contribution is 2.18. The lowest BCUT2D eigenvalue weighted by Crippen LogP contribution is -2.45. The van der Waals surface area contributed by atoms with Crippen LogP contribution in [0.2, 0.25) is 0 Å². The molecule has 0 radical (unpaired) electrons. The zero-order valence-corrected chi connectivity index (χ0v) is 52.7. The van der Waals surface area contributed by atoms with Gasteiger partial charge in [0.1, 0.15) is 0 Å². The van der Waals surface area contributed by atoms with Crippen molar-refractivity contribution in [1.82, 2.24) is 5.32 Å². The van der Waals surface area contributed by atoms with Crippen LogP contribution in [0.1, 0.15) is 386 Å². The Morgan fingerprint density at radius 2 is 0.603 bits per heavy atom. The molecule has 0 heterocycles. The molecule has 0 saturated carbocycles. The van der Waals surface area contributed by atoms with Crippen LogP contribution in [0.15, 0.2) is 36.5 Å². The summed E-state index contributed by atoms with van der Waals surface area (Å²) in [5.41, 5.74) is 0. The molecule has 460 valence electrons. The van der Waals surface area contributed by atoms with Crippen molar-refractivity contribution in [2.24, 2.45) is 0 Å². The fraction of sp³-hybridized carbons (Fsp3) is 0.889. The van der Waals surface area contributed by atoms with Crippen LogP contribution in [0.25, 0.3) is 0 Å². The molecule has 0 aliphatic carbocycles. The smallest absolute Gasteiger partial charge is 0.305 e. The molecule has 0 spiro atoms. The largest absolute Gasteiger partial charge is 0.466 e. The molecule has 1 amide bonds. The molecule has 0 fully saturated rings. The predicted molar refractivity (Wildman–Crippen MR) is 343 cm³/mol. The number of allylic oxidation sites excluding steroid dienone is 5. The van der Waals surface area contributed by atoms with Crippen LogP contribution in [-0.2, 0) is 14.3 Å². The van der Waals surface area contributed by atoms with E-state index in [1.54, 1.807) is 6.08 Å². The van der Waals surface area contributed by atoms with Gasteiger partial charge >= 0.3 is 5.97 Å². The van der Waals surface area contributed by atoms with Crippen molar-refractivity contribution in [2.45, 2.75) is 398 Å². The molecule has 0 saturated heterocycles. The highest BCUT2D eigenvalue weighted by Gasteiger charge is 2.18.